The predicted molar refractivity (Wildman–Crippen MR) is 94.1 cm³/mol. The van der Waals surface area contributed by atoms with Gasteiger partial charge >= 0.3 is 5.97 Å². The highest BCUT2D eigenvalue weighted by Gasteiger charge is 2.39. The summed E-state index contributed by atoms with van der Waals surface area (Å²) in [4.78, 5) is 23.7. The Labute approximate surface area is 152 Å². The molecular formula is C16H23N3O6S. The lowest BCUT2D eigenvalue weighted by molar-refractivity contribution is -0.141. The van der Waals surface area contributed by atoms with Crippen LogP contribution < -0.4 is 15.4 Å². The van der Waals surface area contributed by atoms with Crippen molar-refractivity contribution in [1.29, 1.82) is 0 Å². The maximum absolute atomic E-state index is 12.6. The van der Waals surface area contributed by atoms with Crippen molar-refractivity contribution in [3.63, 3.8) is 0 Å². The van der Waals surface area contributed by atoms with E-state index in [9.17, 15) is 18.0 Å². The van der Waals surface area contributed by atoms with E-state index in [1.165, 1.54) is 32.4 Å². The summed E-state index contributed by atoms with van der Waals surface area (Å²) in [7, 11) is -1.26. The van der Waals surface area contributed by atoms with Crippen LogP contribution in [0.3, 0.4) is 0 Å². The number of sulfonamides is 1. The standard InChI is InChI=1S/C16H23N3O6S/c1-24-14(20)11-18-26(22,23)13-5-3-4-12(10-13)19-15(21)16(25-2)6-8-17-9-7-16/h3-5,10,17-18H,6-9,11H2,1-2H3,(H,19,21). The van der Waals surface area contributed by atoms with Crippen molar-refractivity contribution in [1.82, 2.24) is 10.0 Å². The molecule has 1 saturated heterocycles. The second-order valence-electron chi connectivity index (χ2n) is 5.83. The topological polar surface area (TPSA) is 123 Å². The lowest BCUT2D eigenvalue weighted by Crippen LogP contribution is -2.51. The van der Waals surface area contributed by atoms with Gasteiger partial charge in [-0.15, -0.1) is 0 Å². The van der Waals surface area contributed by atoms with Gasteiger partial charge < -0.3 is 20.1 Å². The minimum Gasteiger partial charge on any atom is -0.468 e. The summed E-state index contributed by atoms with van der Waals surface area (Å²) in [6.45, 7) is 0.843. The van der Waals surface area contributed by atoms with E-state index in [-0.39, 0.29) is 10.8 Å². The largest absolute Gasteiger partial charge is 0.468 e. The van der Waals surface area contributed by atoms with Gasteiger partial charge in [-0.3, -0.25) is 9.59 Å². The van der Waals surface area contributed by atoms with Crippen LogP contribution in [0.15, 0.2) is 29.2 Å². The van der Waals surface area contributed by atoms with Gasteiger partial charge in [0.25, 0.3) is 5.91 Å². The molecule has 144 valence electrons. The first-order valence-electron chi connectivity index (χ1n) is 8.07. The molecule has 1 aliphatic rings. The van der Waals surface area contributed by atoms with Crippen LogP contribution in [-0.2, 0) is 29.1 Å². The van der Waals surface area contributed by atoms with Crippen molar-refractivity contribution < 1.29 is 27.5 Å². The van der Waals surface area contributed by atoms with E-state index in [4.69, 9.17) is 4.74 Å². The molecule has 0 aliphatic carbocycles. The van der Waals surface area contributed by atoms with E-state index in [0.29, 0.717) is 31.6 Å². The summed E-state index contributed by atoms with van der Waals surface area (Å²) in [6, 6.07) is 5.78. The molecule has 2 rings (SSSR count). The van der Waals surface area contributed by atoms with Gasteiger partial charge in [0.2, 0.25) is 10.0 Å². The van der Waals surface area contributed by atoms with Crippen LogP contribution in [0, 0.1) is 0 Å². The van der Waals surface area contributed by atoms with Gasteiger partial charge in [-0.05, 0) is 44.1 Å². The zero-order valence-corrected chi connectivity index (χ0v) is 15.5. The molecule has 0 saturated carbocycles. The molecule has 0 aromatic heterocycles. The molecule has 0 bridgehead atoms. The van der Waals surface area contributed by atoms with Gasteiger partial charge in [0.15, 0.2) is 0 Å². The van der Waals surface area contributed by atoms with Crippen LogP contribution in [0.1, 0.15) is 12.8 Å². The number of rotatable bonds is 7. The van der Waals surface area contributed by atoms with E-state index in [1.807, 2.05) is 0 Å². The number of esters is 1. The van der Waals surface area contributed by atoms with Crippen molar-refractivity contribution in [2.24, 2.45) is 0 Å². The Bertz CT molecular complexity index is 759. The van der Waals surface area contributed by atoms with Gasteiger partial charge in [-0.25, -0.2) is 8.42 Å². The SMILES string of the molecule is COC(=O)CNS(=O)(=O)c1cccc(NC(=O)C2(OC)CCNCC2)c1. The number of piperidine rings is 1. The molecule has 0 unspecified atom stereocenters. The number of nitrogens with one attached hydrogen (secondary N) is 3. The average Bonchev–Trinajstić information content (AvgIpc) is 2.66. The Hall–Kier alpha value is -2.01. The van der Waals surface area contributed by atoms with Crippen LogP contribution in [0.4, 0.5) is 5.69 Å². The number of amides is 1. The number of benzene rings is 1. The maximum atomic E-state index is 12.6. The van der Waals surface area contributed by atoms with Gasteiger partial charge in [0.1, 0.15) is 12.1 Å². The minimum absolute atomic E-state index is 0.0732. The number of methoxy groups -OCH3 is 2. The summed E-state index contributed by atoms with van der Waals surface area (Å²) in [5.74, 6) is -1.02. The van der Waals surface area contributed by atoms with Crippen molar-refractivity contribution in [2.45, 2.75) is 23.3 Å². The molecule has 0 spiro atoms. The van der Waals surface area contributed by atoms with E-state index >= 15 is 0 Å². The van der Waals surface area contributed by atoms with Crippen LogP contribution >= 0.6 is 0 Å². The number of ether oxygens (including phenoxy) is 2. The number of carbonyl (C=O) groups is 2. The lowest BCUT2D eigenvalue weighted by Gasteiger charge is -2.34. The van der Waals surface area contributed by atoms with E-state index < -0.39 is 28.1 Å². The van der Waals surface area contributed by atoms with Crippen molar-refractivity contribution in [2.75, 3.05) is 39.2 Å². The van der Waals surface area contributed by atoms with E-state index in [0.717, 1.165) is 0 Å². The lowest BCUT2D eigenvalue weighted by atomic mass is 9.91. The highest BCUT2D eigenvalue weighted by molar-refractivity contribution is 7.89. The van der Waals surface area contributed by atoms with Crippen LogP contribution in [0.5, 0.6) is 0 Å². The third kappa shape index (κ3) is 4.79. The van der Waals surface area contributed by atoms with Crippen molar-refractivity contribution in [3.8, 4) is 0 Å². The molecule has 1 heterocycles. The Morgan fingerprint density at radius 3 is 2.54 bits per heavy atom. The first-order chi connectivity index (χ1) is 12.3. The Kier molecular flexibility index (Phi) is 6.70. The molecule has 9 nitrogen and oxygen atoms in total. The molecule has 0 radical (unpaired) electrons. The number of hydrogen-bond acceptors (Lipinski definition) is 7. The van der Waals surface area contributed by atoms with Crippen molar-refractivity contribution >= 4 is 27.6 Å². The monoisotopic (exact) mass is 385 g/mol. The second-order valence-corrected chi connectivity index (χ2v) is 7.60. The van der Waals surface area contributed by atoms with E-state index in [2.05, 4.69) is 20.1 Å². The second kappa shape index (κ2) is 8.58. The zero-order valence-electron chi connectivity index (χ0n) is 14.7. The Morgan fingerprint density at radius 2 is 1.92 bits per heavy atom. The smallest absolute Gasteiger partial charge is 0.320 e. The summed E-state index contributed by atoms with van der Waals surface area (Å²) >= 11 is 0. The first kappa shape index (κ1) is 20.3. The van der Waals surface area contributed by atoms with Crippen LogP contribution in [0.2, 0.25) is 0 Å². The third-order valence-electron chi connectivity index (χ3n) is 4.25. The number of hydrogen-bond donors (Lipinski definition) is 3. The Balaban J connectivity index is 2.13. The highest BCUT2D eigenvalue weighted by atomic mass is 32.2. The molecule has 1 aromatic rings. The molecule has 10 heteroatoms. The minimum atomic E-state index is -3.91. The molecule has 0 atom stereocenters. The molecule has 26 heavy (non-hydrogen) atoms. The zero-order chi connectivity index (χ0) is 19.2. The number of carbonyl (C=O) groups excluding carboxylic acids is 2. The Morgan fingerprint density at radius 1 is 1.23 bits per heavy atom. The van der Waals surface area contributed by atoms with Crippen LogP contribution in [-0.4, -0.2) is 59.7 Å². The molecule has 3 N–H and O–H groups in total. The predicted octanol–water partition coefficient (Wildman–Crippen LogP) is -0.155. The summed E-state index contributed by atoms with van der Waals surface area (Å²) < 4.78 is 36.5. The van der Waals surface area contributed by atoms with Gasteiger partial charge in [0.05, 0.1) is 12.0 Å². The summed E-state index contributed by atoms with van der Waals surface area (Å²) in [5.41, 5.74) is -0.616. The van der Waals surface area contributed by atoms with Crippen LogP contribution in [0.25, 0.3) is 0 Å². The number of anilines is 1. The fourth-order valence-electron chi connectivity index (χ4n) is 2.65. The summed E-state index contributed by atoms with van der Waals surface area (Å²) in [5, 5.41) is 5.88. The normalized spacial score (nSPS) is 16.7. The first-order valence-corrected chi connectivity index (χ1v) is 9.55. The quantitative estimate of drug-likeness (QED) is 0.558. The fraction of sp³-hybridized carbons (Fsp3) is 0.500. The van der Waals surface area contributed by atoms with Gasteiger partial charge in [0, 0.05) is 12.8 Å². The highest BCUT2D eigenvalue weighted by Crippen LogP contribution is 2.25. The fourth-order valence-corrected chi connectivity index (χ4v) is 3.66. The van der Waals surface area contributed by atoms with Crippen molar-refractivity contribution in [3.05, 3.63) is 24.3 Å². The average molecular weight is 385 g/mol. The van der Waals surface area contributed by atoms with Gasteiger partial charge in [-0.2, -0.15) is 4.72 Å². The molecule has 1 aromatic carbocycles. The molecular weight excluding hydrogens is 362 g/mol. The van der Waals surface area contributed by atoms with Gasteiger partial charge in [-0.1, -0.05) is 6.07 Å². The molecule has 1 fully saturated rings. The molecule has 1 aliphatic heterocycles. The maximum Gasteiger partial charge on any atom is 0.320 e. The van der Waals surface area contributed by atoms with E-state index in [1.54, 1.807) is 6.07 Å². The summed E-state index contributed by atoms with van der Waals surface area (Å²) in [6.07, 6.45) is 1.04. The third-order valence-corrected chi connectivity index (χ3v) is 5.65. The molecule has 1 amide bonds.